The van der Waals surface area contributed by atoms with Gasteiger partial charge in [0.15, 0.2) is 0 Å². The first-order valence-electron chi connectivity index (χ1n) is 8.29. The van der Waals surface area contributed by atoms with Crippen LogP contribution in [0.3, 0.4) is 0 Å². The van der Waals surface area contributed by atoms with Gasteiger partial charge in [0.25, 0.3) is 0 Å². The SMILES string of the molecule is Cc1ccc(OC(=O)CCN2C(=O)[C@@H]3CCCC[C@H]3C2=O)c(Br)c1. The Kier molecular flexibility index (Phi) is 5.04. The van der Waals surface area contributed by atoms with Crippen LogP contribution in [0.1, 0.15) is 37.7 Å². The Hall–Kier alpha value is -1.69. The molecule has 0 spiro atoms. The lowest BCUT2D eigenvalue weighted by Gasteiger charge is -2.19. The van der Waals surface area contributed by atoms with Crippen LogP contribution in [0.4, 0.5) is 0 Å². The van der Waals surface area contributed by atoms with Crippen molar-refractivity contribution in [3.8, 4) is 5.75 Å². The molecule has 6 heteroatoms. The number of aryl methyl sites for hydroxylation is 1. The van der Waals surface area contributed by atoms with E-state index in [-0.39, 0.29) is 36.6 Å². The van der Waals surface area contributed by atoms with Gasteiger partial charge in [0, 0.05) is 6.54 Å². The first kappa shape index (κ1) is 17.1. The highest BCUT2D eigenvalue weighted by atomic mass is 79.9. The molecule has 1 saturated carbocycles. The van der Waals surface area contributed by atoms with Gasteiger partial charge in [-0.05, 0) is 53.4 Å². The van der Waals surface area contributed by atoms with E-state index < -0.39 is 5.97 Å². The van der Waals surface area contributed by atoms with Gasteiger partial charge in [-0.3, -0.25) is 19.3 Å². The first-order chi connectivity index (χ1) is 11.5. The normalized spacial score (nSPS) is 23.3. The van der Waals surface area contributed by atoms with Crippen LogP contribution in [0.2, 0.25) is 0 Å². The number of halogens is 1. The van der Waals surface area contributed by atoms with Gasteiger partial charge in [0.2, 0.25) is 11.8 Å². The summed E-state index contributed by atoms with van der Waals surface area (Å²) in [6.45, 7) is 2.05. The Bertz CT molecular complexity index is 664. The van der Waals surface area contributed by atoms with E-state index in [2.05, 4.69) is 15.9 Å². The van der Waals surface area contributed by atoms with Crippen molar-refractivity contribution in [1.82, 2.24) is 4.90 Å². The number of hydrogen-bond acceptors (Lipinski definition) is 4. The number of fused-ring (bicyclic) bond motifs is 1. The van der Waals surface area contributed by atoms with Crippen molar-refractivity contribution in [2.75, 3.05) is 6.54 Å². The van der Waals surface area contributed by atoms with Crippen molar-refractivity contribution in [3.05, 3.63) is 28.2 Å². The molecule has 2 atom stereocenters. The van der Waals surface area contributed by atoms with Crippen molar-refractivity contribution < 1.29 is 19.1 Å². The van der Waals surface area contributed by atoms with Gasteiger partial charge >= 0.3 is 5.97 Å². The van der Waals surface area contributed by atoms with E-state index >= 15 is 0 Å². The quantitative estimate of drug-likeness (QED) is 0.447. The average molecular weight is 394 g/mol. The molecule has 1 saturated heterocycles. The number of benzene rings is 1. The van der Waals surface area contributed by atoms with Gasteiger partial charge < -0.3 is 4.74 Å². The smallest absolute Gasteiger partial charge is 0.313 e. The van der Waals surface area contributed by atoms with Crippen LogP contribution in [0.5, 0.6) is 5.75 Å². The highest BCUT2D eigenvalue weighted by molar-refractivity contribution is 9.10. The second kappa shape index (κ2) is 7.05. The van der Waals surface area contributed by atoms with E-state index in [9.17, 15) is 14.4 Å². The van der Waals surface area contributed by atoms with Crippen LogP contribution in [0.25, 0.3) is 0 Å². The third-order valence-electron chi connectivity index (χ3n) is 4.78. The number of hydrogen-bond donors (Lipinski definition) is 0. The lowest BCUT2D eigenvalue weighted by atomic mass is 9.81. The monoisotopic (exact) mass is 393 g/mol. The molecule has 1 heterocycles. The Morgan fingerprint density at radius 1 is 1.21 bits per heavy atom. The molecule has 128 valence electrons. The molecule has 2 amide bonds. The number of esters is 1. The van der Waals surface area contributed by atoms with Gasteiger partial charge in [-0.2, -0.15) is 0 Å². The molecule has 1 aliphatic heterocycles. The maximum Gasteiger partial charge on any atom is 0.313 e. The molecule has 1 aromatic carbocycles. The molecule has 1 aromatic rings. The topological polar surface area (TPSA) is 63.7 Å². The molecule has 1 aliphatic carbocycles. The largest absolute Gasteiger partial charge is 0.425 e. The summed E-state index contributed by atoms with van der Waals surface area (Å²) in [4.78, 5) is 38.0. The summed E-state index contributed by atoms with van der Waals surface area (Å²) in [5.74, 6) is -0.585. The van der Waals surface area contributed by atoms with Crippen molar-refractivity contribution >= 4 is 33.7 Å². The van der Waals surface area contributed by atoms with Crippen LogP contribution in [-0.2, 0) is 14.4 Å². The predicted molar refractivity (Wildman–Crippen MR) is 91.3 cm³/mol. The Morgan fingerprint density at radius 2 is 1.83 bits per heavy atom. The van der Waals surface area contributed by atoms with Crippen molar-refractivity contribution in [1.29, 1.82) is 0 Å². The van der Waals surface area contributed by atoms with E-state index in [1.165, 1.54) is 4.90 Å². The first-order valence-corrected chi connectivity index (χ1v) is 9.08. The zero-order valence-corrected chi connectivity index (χ0v) is 15.2. The molecule has 0 N–H and O–H groups in total. The number of imide groups is 1. The summed E-state index contributed by atoms with van der Waals surface area (Å²) >= 11 is 3.36. The van der Waals surface area contributed by atoms with Crippen LogP contribution in [0.15, 0.2) is 22.7 Å². The summed E-state index contributed by atoms with van der Waals surface area (Å²) in [7, 11) is 0. The zero-order valence-electron chi connectivity index (χ0n) is 13.6. The Balaban J connectivity index is 1.58. The van der Waals surface area contributed by atoms with Crippen molar-refractivity contribution in [2.24, 2.45) is 11.8 Å². The van der Waals surface area contributed by atoms with Gasteiger partial charge in [-0.15, -0.1) is 0 Å². The number of rotatable bonds is 4. The lowest BCUT2D eigenvalue weighted by Crippen LogP contribution is -2.33. The average Bonchev–Trinajstić information content (AvgIpc) is 2.80. The van der Waals surface area contributed by atoms with E-state index in [1.807, 2.05) is 19.1 Å². The van der Waals surface area contributed by atoms with E-state index in [4.69, 9.17) is 4.74 Å². The van der Waals surface area contributed by atoms with Crippen molar-refractivity contribution in [3.63, 3.8) is 0 Å². The van der Waals surface area contributed by atoms with Crippen molar-refractivity contribution in [2.45, 2.75) is 39.0 Å². The van der Waals surface area contributed by atoms with Crippen LogP contribution in [0, 0.1) is 18.8 Å². The second-order valence-electron chi connectivity index (χ2n) is 6.48. The summed E-state index contributed by atoms with van der Waals surface area (Å²) in [6.07, 6.45) is 3.57. The number of ether oxygens (including phenoxy) is 1. The van der Waals surface area contributed by atoms with Crippen LogP contribution < -0.4 is 4.74 Å². The van der Waals surface area contributed by atoms with Gasteiger partial charge in [-0.25, -0.2) is 0 Å². The molecule has 0 aromatic heterocycles. The fraction of sp³-hybridized carbons (Fsp3) is 0.500. The molecular formula is C18H20BrNO4. The highest BCUT2D eigenvalue weighted by Gasteiger charge is 2.47. The van der Waals surface area contributed by atoms with E-state index in [0.717, 1.165) is 31.2 Å². The Morgan fingerprint density at radius 3 is 2.42 bits per heavy atom. The third-order valence-corrected chi connectivity index (χ3v) is 5.40. The second-order valence-corrected chi connectivity index (χ2v) is 7.34. The lowest BCUT2D eigenvalue weighted by molar-refractivity contribution is -0.141. The zero-order chi connectivity index (χ0) is 17.3. The van der Waals surface area contributed by atoms with Crippen LogP contribution in [-0.4, -0.2) is 29.2 Å². The van der Waals surface area contributed by atoms with E-state index in [0.29, 0.717) is 10.2 Å². The highest BCUT2D eigenvalue weighted by Crippen LogP contribution is 2.38. The third kappa shape index (κ3) is 3.38. The molecule has 0 radical (unpaired) electrons. The fourth-order valence-corrected chi connectivity index (χ4v) is 4.09. The number of carbonyl (C=O) groups excluding carboxylic acids is 3. The molecule has 2 fully saturated rings. The van der Waals surface area contributed by atoms with Gasteiger partial charge in [-0.1, -0.05) is 18.9 Å². The molecular weight excluding hydrogens is 374 g/mol. The number of nitrogens with zero attached hydrogens (tertiary/aromatic N) is 1. The minimum absolute atomic E-state index is 0.0111. The number of amides is 2. The molecule has 2 aliphatic rings. The maximum atomic E-state index is 12.4. The summed E-state index contributed by atoms with van der Waals surface area (Å²) in [5, 5.41) is 0. The van der Waals surface area contributed by atoms with E-state index in [1.54, 1.807) is 6.07 Å². The molecule has 3 rings (SSSR count). The summed E-state index contributed by atoms with van der Waals surface area (Å²) in [6, 6.07) is 5.43. The Labute approximate surface area is 149 Å². The summed E-state index contributed by atoms with van der Waals surface area (Å²) < 4.78 is 6.02. The molecule has 24 heavy (non-hydrogen) atoms. The van der Waals surface area contributed by atoms with Crippen LogP contribution >= 0.6 is 15.9 Å². The summed E-state index contributed by atoms with van der Waals surface area (Å²) in [5.41, 5.74) is 1.05. The van der Waals surface area contributed by atoms with Gasteiger partial charge in [0.05, 0.1) is 22.7 Å². The maximum absolute atomic E-state index is 12.4. The minimum atomic E-state index is -0.449. The fourth-order valence-electron chi connectivity index (χ4n) is 3.52. The predicted octanol–water partition coefficient (Wildman–Crippen LogP) is 3.23. The van der Waals surface area contributed by atoms with Gasteiger partial charge in [0.1, 0.15) is 5.75 Å². The molecule has 0 unspecified atom stereocenters. The molecule has 0 bridgehead atoms. The molecule has 5 nitrogen and oxygen atoms in total. The number of carbonyl (C=O) groups is 3. The standard InChI is InChI=1S/C18H20BrNO4/c1-11-6-7-15(14(19)10-11)24-16(21)8-9-20-17(22)12-4-2-3-5-13(12)18(20)23/h6-7,10,12-13H,2-5,8-9H2,1H3/t12-,13-/m1/s1. The minimum Gasteiger partial charge on any atom is -0.425 e. The number of likely N-dealkylation sites (tertiary alicyclic amines) is 1.